The molecule has 0 N–H and O–H groups in total. The summed E-state index contributed by atoms with van der Waals surface area (Å²) in [5, 5.41) is 0. The van der Waals surface area contributed by atoms with Crippen molar-refractivity contribution in [2.75, 3.05) is 0 Å². The fourth-order valence-electron chi connectivity index (χ4n) is 2.25. The van der Waals surface area contributed by atoms with Gasteiger partial charge in [-0.25, -0.2) is 0 Å². The van der Waals surface area contributed by atoms with Gasteiger partial charge in [-0.15, -0.1) is 0 Å². The molecule has 0 amide bonds. The van der Waals surface area contributed by atoms with Crippen LogP contribution in [0.3, 0.4) is 0 Å². The van der Waals surface area contributed by atoms with Crippen LogP contribution in [-0.4, -0.2) is 17.5 Å². The Bertz CT molecular complexity index is 224. The summed E-state index contributed by atoms with van der Waals surface area (Å²) in [6.45, 7) is 3.96. The van der Waals surface area contributed by atoms with E-state index in [2.05, 4.69) is 0 Å². The number of hydrogen-bond donors (Lipinski definition) is 0. The molecule has 0 bridgehead atoms. The van der Waals surface area contributed by atoms with Crippen molar-refractivity contribution in [3.63, 3.8) is 0 Å². The number of hydrogen-bond acceptors (Lipinski definition) is 2. The molecule has 0 saturated heterocycles. The van der Waals surface area contributed by atoms with Crippen LogP contribution < -0.4 is 0 Å². The van der Waals surface area contributed by atoms with Crippen molar-refractivity contribution in [1.82, 2.24) is 0 Å². The van der Waals surface area contributed by atoms with Crippen LogP contribution in [0, 0.1) is 5.92 Å². The SMILES string of the molecule is CC(C)C(=O)C1(OC2CCC2)CCC1. The van der Waals surface area contributed by atoms with Gasteiger partial charge >= 0.3 is 0 Å². The maximum atomic E-state index is 12.0. The monoisotopic (exact) mass is 196 g/mol. The van der Waals surface area contributed by atoms with E-state index in [1.807, 2.05) is 13.8 Å². The van der Waals surface area contributed by atoms with Crippen molar-refractivity contribution in [1.29, 1.82) is 0 Å². The molecule has 2 nitrogen and oxygen atoms in total. The summed E-state index contributed by atoms with van der Waals surface area (Å²) in [5.41, 5.74) is -0.362. The van der Waals surface area contributed by atoms with E-state index in [4.69, 9.17) is 4.74 Å². The topological polar surface area (TPSA) is 26.3 Å². The molecule has 0 radical (unpaired) electrons. The Hall–Kier alpha value is -0.370. The molecule has 0 aromatic rings. The first-order valence-corrected chi connectivity index (χ1v) is 5.86. The number of carbonyl (C=O) groups excluding carboxylic acids is 1. The maximum absolute atomic E-state index is 12.0. The standard InChI is InChI=1S/C12H20O2/c1-9(2)11(13)12(7-4-8-12)14-10-5-3-6-10/h9-10H,3-8H2,1-2H3. The molecule has 2 heteroatoms. The minimum Gasteiger partial charge on any atom is -0.364 e. The molecule has 0 atom stereocenters. The van der Waals surface area contributed by atoms with Crippen LogP contribution in [-0.2, 0) is 9.53 Å². The molecule has 14 heavy (non-hydrogen) atoms. The molecule has 0 heterocycles. The van der Waals surface area contributed by atoms with Gasteiger partial charge in [-0.05, 0) is 38.5 Å². The average Bonchev–Trinajstić information content (AvgIpc) is 1.98. The van der Waals surface area contributed by atoms with Crippen molar-refractivity contribution in [3.8, 4) is 0 Å². The van der Waals surface area contributed by atoms with Gasteiger partial charge < -0.3 is 4.74 Å². The van der Waals surface area contributed by atoms with E-state index >= 15 is 0 Å². The first-order valence-electron chi connectivity index (χ1n) is 5.86. The van der Waals surface area contributed by atoms with Crippen LogP contribution in [0.4, 0.5) is 0 Å². The molecule has 2 aliphatic rings. The van der Waals surface area contributed by atoms with Crippen LogP contribution in [0.25, 0.3) is 0 Å². The summed E-state index contributed by atoms with van der Waals surface area (Å²) in [6, 6.07) is 0. The number of Topliss-reactive ketones (excluding diaryl/α,β-unsaturated/α-hetero) is 1. The van der Waals surface area contributed by atoms with Crippen LogP contribution in [0.1, 0.15) is 52.4 Å². The zero-order chi connectivity index (χ0) is 10.2. The second kappa shape index (κ2) is 3.65. The summed E-state index contributed by atoms with van der Waals surface area (Å²) in [7, 11) is 0. The normalized spacial score (nSPS) is 25.6. The van der Waals surface area contributed by atoms with Gasteiger partial charge in [-0.2, -0.15) is 0 Å². The molecule has 2 rings (SSSR count). The van der Waals surface area contributed by atoms with E-state index in [1.165, 1.54) is 6.42 Å². The lowest BCUT2D eigenvalue weighted by atomic mass is 9.73. The third-order valence-corrected chi connectivity index (χ3v) is 3.58. The molecular weight excluding hydrogens is 176 g/mol. The van der Waals surface area contributed by atoms with Crippen LogP contribution in [0.15, 0.2) is 0 Å². The van der Waals surface area contributed by atoms with Gasteiger partial charge in [0.1, 0.15) is 5.60 Å². The second-order valence-electron chi connectivity index (χ2n) is 5.04. The molecule has 2 aliphatic carbocycles. The molecule has 2 fully saturated rings. The molecule has 0 unspecified atom stereocenters. The van der Waals surface area contributed by atoms with Gasteiger partial charge in [0.05, 0.1) is 6.10 Å². The fraction of sp³-hybridized carbons (Fsp3) is 0.917. The number of rotatable bonds is 4. The lowest BCUT2D eigenvalue weighted by Crippen LogP contribution is -2.52. The van der Waals surface area contributed by atoms with E-state index in [0.717, 1.165) is 32.1 Å². The lowest BCUT2D eigenvalue weighted by Gasteiger charge is -2.45. The van der Waals surface area contributed by atoms with Crippen LogP contribution >= 0.6 is 0 Å². The highest BCUT2D eigenvalue weighted by molar-refractivity contribution is 5.89. The van der Waals surface area contributed by atoms with Gasteiger partial charge in [0.25, 0.3) is 0 Å². The fourth-order valence-corrected chi connectivity index (χ4v) is 2.25. The van der Waals surface area contributed by atoms with Gasteiger partial charge in [0, 0.05) is 5.92 Å². The second-order valence-corrected chi connectivity index (χ2v) is 5.04. The van der Waals surface area contributed by atoms with Crippen molar-refractivity contribution < 1.29 is 9.53 Å². The Morgan fingerprint density at radius 3 is 2.21 bits per heavy atom. The van der Waals surface area contributed by atoms with Crippen molar-refractivity contribution in [2.24, 2.45) is 5.92 Å². The minimum atomic E-state index is -0.362. The Morgan fingerprint density at radius 2 is 1.93 bits per heavy atom. The number of carbonyl (C=O) groups is 1. The predicted octanol–water partition coefficient (Wildman–Crippen LogP) is 2.70. The zero-order valence-electron chi connectivity index (χ0n) is 9.21. The van der Waals surface area contributed by atoms with E-state index in [1.54, 1.807) is 0 Å². The molecular formula is C12H20O2. The molecule has 2 saturated carbocycles. The van der Waals surface area contributed by atoms with Crippen LogP contribution in [0.2, 0.25) is 0 Å². The largest absolute Gasteiger partial charge is 0.364 e. The summed E-state index contributed by atoms with van der Waals surface area (Å²) in [6.07, 6.45) is 7.06. The average molecular weight is 196 g/mol. The highest BCUT2D eigenvalue weighted by Gasteiger charge is 2.47. The Balaban J connectivity index is 1.97. The zero-order valence-corrected chi connectivity index (χ0v) is 9.21. The smallest absolute Gasteiger partial charge is 0.167 e. The number of ether oxygens (including phenoxy) is 1. The molecule has 0 aromatic carbocycles. The summed E-state index contributed by atoms with van der Waals surface area (Å²) in [5.74, 6) is 0.450. The van der Waals surface area contributed by atoms with Gasteiger partial charge in [0.2, 0.25) is 0 Å². The van der Waals surface area contributed by atoms with Gasteiger partial charge in [-0.1, -0.05) is 13.8 Å². The molecule has 80 valence electrons. The van der Waals surface area contributed by atoms with E-state index in [0.29, 0.717) is 11.9 Å². The molecule has 0 aromatic heterocycles. The van der Waals surface area contributed by atoms with Gasteiger partial charge in [0.15, 0.2) is 5.78 Å². The summed E-state index contributed by atoms with van der Waals surface area (Å²) >= 11 is 0. The Kier molecular flexibility index (Phi) is 2.65. The van der Waals surface area contributed by atoms with Crippen LogP contribution in [0.5, 0.6) is 0 Å². The maximum Gasteiger partial charge on any atom is 0.167 e. The molecule has 0 aliphatic heterocycles. The minimum absolute atomic E-state index is 0.121. The van der Waals surface area contributed by atoms with E-state index < -0.39 is 0 Å². The Morgan fingerprint density at radius 1 is 1.29 bits per heavy atom. The van der Waals surface area contributed by atoms with Gasteiger partial charge in [-0.3, -0.25) is 4.79 Å². The highest BCUT2D eigenvalue weighted by Crippen LogP contribution is 2.42. The highest BCUT2D eigenvalue weighted by atomic mass is 16.5. The van der Waals surface area contributed by atoms with Crippen molar-refractivity contribution >= 4 is 5.78 Å². The number of ketones is 1. The lowest BCUT2D eigenvalue weighted by molar-refractivity contribution is -0.182. The summed E-state index contributed by atoms with van der Waals surface area (Å²) in [4.78, 5) is 12.0. The first kappa shape index (κ1) is 10.2. The molecule has 0 spiro atoms. The third kappa shape index (κ3) is 1.60. The van der Waals surface area contributed by atoms with E-state index in [-0.39, 0.29) is 11.5 Å². The Labute approximate surface area is 86.0 Å². The van der Waals surface area contributed by atoms with E-state index in [9.17, 15) is 4.79 Å². The first-order chi connectivity index (χ1) is 6.64. The third-order valence-electron chi connectivity index (χ3n) is 3.58. The quantitative estimate of drug-likeness (QED) is 0.691. The van der Waals surface area contributed by atoms with Crippen molar-refractivity contribution in [3.05, 3.63) is 0 Å². The summed E-state index contributed by atoms with van der Waals surface area (Å²) < 4.78 is 5.98. The van der Waals surface area contributed by atoms with Crippen molar-refractivity contribution in [2.45, 2.75) is 64.1 Å². The predicted molar refractivity (Wildman–Crippen MR) is 55.2 cm³/mol.